The number of rotatable bonds is 2. The topological polar surface area (TPSA) is 29.1 Å². The van der Waals surface area contributed by atoms with E-state index < -0.39 is 0 Å². The molecule has 88 valence electrons. The average Bonchev–Trinajstić information content (AvgIpc) is 2.06. The smallest absolute Gasteiger partial charge is 0.224 e. The number of amides is 1. The summed E-state index contributed by atoms with van der Waals surface area (Å²) in [6.07, 6.45) is 0.509. The second-order valence-electron chi connectivity index (χ2n) is 5.24. The van der Waals surface area contributed by atoms with E-state index in [1.54, 1.807) is 6.07 Å². The number of carbonyl (C=O) groups is 1. The van der Waals surface area contributed by atoms with Crippen molar-refractivity contribution in [2.75, 3.05) is 5.32 Å². The zero-order valence-corrected chi connectivity index (χ0v) is 11.0. The van der Waals surface area contributed by atoms with Crippen LogP contribution in [0.2, 0.25) is 5.02 Å². The number of aryl methyl sites for hydroxylation is 1. The molecule has 16 heavy (non-hydrogen) atoms. The molecular formula is C13H18ClNO. The van der Waals surface area contributed by atoms with Gasteiger partial charge in [-0.25, -0.2) is 0 Å². The van der Waals surface area contributed by atoms with Gasteiger partial charge in [0.05, 0.1) is 0 Å². The Kier molecular flexibility index (Phi) is 3.98. The Morgan fingerprint density at radius 3 is 2.50 bits per heavy atom. The zero-order valence-electron chi connectivity index (χ0n) is 10.2. The highest BCUT2D eigenvalue weighted by Gasteiger charge is 2.16. The van der Waals surface area contributed by atoms with Crippen LogP contribution < -0.4 is 5.32 Å². The first-order valence-electron chi connectivity index (χ1n) is 5.34. The number of hydrogen-bond donors (Lipinski definition) is 1. The summed E-state index contributed by atoms with van der Waals surface area (Å²) in [6, 6.07) is 5.45. The predicted molar refractivity (Wildman–Crippen MR) is 68.9 cm³/mol. The summed E-state index contributed by atoms with van der Waals surface area (Å²) in [4.78, 5) is 11.7. The molecule has 0 fully saturated rings. The Morgan fingerprint density at radius 1 is 1.38 bits per heavy atom. The lowest BCUT2D eigenvalue weighted by Crippen LogP contribution is -2.20. The molecule has 1 amide bonds. The SMILES string of the molecule is Cc1cc(Cl)ccc1NC(=O)CC(C)(C)C. The van der Waals surface area contributed by atoms with Crippen molar-refractivity contribution in [3.63, 3.8) is 0 Å². The molecule has 0 aromatic heterocycles. The molecule has 0 aliphatic rings. The van der Waals surface area contributed by atoms with Crippen molar-refractivity contribution < 1.29 is 4.79 Å². The van der Waals surface area contributed by atoms with E-state index in [4.69, 9.17) is 11.6 Å². The van der Waals surface area contributed by atoms with Gasteiger partial charge < -0.3 is 5.32 Å². The van der Waals surface area contributed by atoms with Crippen LogP contribution >= 0.6 is 11.6 Å². The van der Waals surface area contributed by atoms with Crippen LogP contribution in [-0.4, -0.2) is 5.91 Å². The number of benzene rings is 1. The van der Waals surface area contributed by atoms with Crippen molar-refractivity contribution in [1.29, 1.82) is 0 Å². The molecular weight excluding hydrogens is 222 g/mol. The van der Waals surface area contributed by atoms with E-state index >= 15 is 0 Å². The molecule has 3 heteroatoms. The maximum Gasteiger partial charge on any atom is 0.224 e. The van der Waals surface area contributed by atoms with E-state index in [-0.39, 0.29) is 11.3 Å². The molecule has 0 saturated carbocycles. The van der Waals surface area contributed by atoms with Gasteiger partial charge in [-0.2, -0.15) is 0 Å². The largest absolute Gasteiger partial charge is 0.326 e. The van der Waals surface area contributed by atoms with Crippen molar-refractivity contribution in [2.24, 2.45) is 5.41 Å². The summed E-state index contributed by atoms with van der Waals surface area (Å²) in [5.41, 5.74) is 1.82. The van der Waals surface area contributed by atoms with Gasteiger partial charge in [-0.05, 0) is 36.1 Å². The fourth-order valence-electron chi connectivity index (χ4n) is 1.44. The lowest BCUT2D eigenvalue weighted by atomic mass is 9.92. The highest BCUT2D eigenvalue weighted by Crippen LogP contribution is 2.22. The summed E-state index contributed by atoms with van der Waals surface area (Å²) in [6.45, 7) is 8.06. The minimum absolute atomic E-state index is 0.00438. The van der Waals surface area contributed by atoms with Gasteiger partial charge >= 0.3 is 0 Å². The van der Waals surface area contributed by atoms with Gasteiger partial charge in [-0.1, -0.05) is 32.4 Å². The van der Waals surface area contributed by atoms with Crippen LogP contribution in [0.1, 0.15) is 32.8 Å². The van der Waals surface area contributed by atoms with Crippen LogP contribution in [0.15, 0.2) is 18.2 Å². The summed E-state index contributed by atoms with van der Waals surface area (Å²) >= 11 is 5.85. The van der Waals surface area contributed by atoms with Crippen LogP contribution in [0.4, 0.5) is 5.69 Å². The van der Waals surface area contributed by atoms with Gasteiger partial charge in [-0.15, -0.1) is 0 Å². The molecule has 0 radical (unpaired) electrons. The molecule has 2 nitrogen and oxygen atoms in total. The molecule has 1 N–H and O–H groups in total. The normalized spacial score (nSPS) is 11.3. The summed E-state index contributed by atoms with van der Waals surface area (Å²) < 4.78 is 0. The first kappa shape index (κ1) is 13.0. The molecule has 0 spiro atoms. The van der Waals surface area contributed by atoms with Gasteiger partial charge in [0.1, 0.15) is 0 Å². The van der Waals surface area contributed by atoms with Gasteiger partial charge in [0, 0.05) is 17.1 Å². The molecule has 1 rings (SSSR count). The molecule has 0 aliphatic heterocycles. The summed E-state index contributed by atoms with van der Waals surface area (Å²) in [5.74, 6) is 0.0397. The third-order valence-electron chi connectivity index (χ3n) is 2.15. The van der Waals surface area contributed by atoms with E-state index in [1.807, 2.05) is 39.8 Å². The maximum atomic E-state index is 11.7. The molecule has 0 bridgehead atoms. The van der Waals surface area contributed by atoms with E-state index in [0.717, 1.165) is 11.3 Å². The van der Waals surface area contributed by atoms with Crippen LogP contribution in [0.25, 0.3) is 0 Å². The maximum absolute atomic E-state index is 11.7. The van der Waals surface area contributed by atoms with Crippen LogP contribution in [0.3, 0.4) is 0 Å². The predicted octanol–water partition coefficient (Wildman–Crippen LogP) is 4.02. The number of anilines is 1. The number of nitrogens with one attached hydrogen (secondary N) is 1. The monoisotopic (exact) mass is 239 g/mol. The Hall–Kier alpha value is -1.02. The van der Waals surface area contributed by atoms with Gasteiger partial charge in [0.15, 0.2) is 0 Å². The number of halogens is 1. The van der Waals surface area contributed by atoms with Gasteiger partial charge in [0.2, 0.25) is 5.91 Å². The van der Waals surface area contributed by atoms with Crippen LogP contribution in [0.5, 0.6) is 0 Å². The van der Waals surface area contributed by atoms with Crippen molar-refractivity contribution in [1.82, 2.24) is 0 Å². The van der Waals surface area contributed by atoms with E-state index in [2.05, 4.69) is 5.32 Å². The summed E-state index contributed by atoms with van der Waals surface area (Å²) in [7, 11) is 0. The van der Waals surface area contributed by atoms with E-state index in [0.29, 0.717) is 11.4 Å². The zero-order chi connectivity index (χ0) is 12.3. The Balaban J connectivity index is 2.70. The standard InChI is InChI=1S/C13H18ClNO/c1-9-7-10(14)5-6-11(9)15-12(16)8-13(2,3)4/h5-7H,8H2,1-4H3,(H,15,16). The second-order valence-corrected chi connectivity index (χ2v) is 5.68. The van der Waals surface area contributed by atoms with Crippen molar-refractivity contribution in [2.45, 2.75) is 34.1 Å². The third-order valence-corrected chi connectivity index (χ3v) is 2.39. The molecule has 1 aromatic rings. The van der Waals surface area contributed by atoms with Crippen LogP contribution in [0, 0.1) is 12.3 Å². The molecule has 0 heterocycles. The Bertz CT molecular complexity index is 393. The fraction of sp³-hybridized carbons (Fsp3) is 0.462. The Labute approximate surface area is 102 Å². The molecule has 0 unspecified atom stereocenters. The molecule has 0 atom stereocenters. The fourth-order valence-corrected chi connectivity index (χ4v) is 1.67. The van der Waals surface area contributed by atoms with E-state index in [9.17, 15) is 4.79 Å². The quantitative estimate of drug-likeness (QED) is 0.830. The average molecular weight is 240 g/mol. The Morgan fingerprint density at radius 2 is 2.00 bits per heavy atom. The summed E-state index contributed by atoms with van der Waals surface area (Å²) in [5, 5.41) is 3.58. The molecule has 1 aromatic carbocycles. The van der Waals surface area contributed by atoms with Crippen LogP contribution in [-0.2, 0) is 4.79 Å². The highest BCUT2D eigenvalue weighted by molar-refractivity contribution is 6.30. The lowest BCUT2D eigenvalue weighted by molar-refractivity contribution is -0.117. The van der Waals surface area contributed by atoms with Crippen molar-refractivity contribution >= 4 is 23.2 Å². The molecule has 0 aliphatic carbocycles. The first-order chi connectivity index (χ1) is 7.28. The van der Waals surface area contributed by atoms with Crippen molar-refractivity contribution in [3.05, 3.63) is 28.8 Å². The highest BCUT2D eigenvalue weighted by atomic mass is 35.5. The second kappa shape index (κ2) is 4.88. The van der Waals surface area contributed by atoms with E-state index in [1.165, 1.54) is 0 Å². The minimum atomic E-state index is 0.00438. The first-order valence-corrected chi connectivity index (χ1v) is 5.72. The molecule has 0 saturated heterocycles. The lowest BCUT2D eigenvalue weighted by Gasteiger charge is -2.17. The minimum Gasteiger partial charge on any atom is -0.326 e. The number of hydrogen-bond acceptors (Lipinski definition) is 1. The third kappa shape index (κ3) is 4.23. The van der Waals surface area contributed by atoms with Gasteiger partial charge in [-0.3, -0.25) is 4.79 Å². The number of carbonyl (C=O) groups excluding carboxylic acids is 1. The van der Waals surface area contributed by atoms with Crippen molar-refractivity contribution in [3.8, 4) is 0 Å². The van der Waals surface area contributed by atoms with Gasteiger partial charge in [0.25, 0.3) is 0 Å².